The Hall–Kier alpha value is -2.55. The lowest BCUT2D eigenvalue weighted by atomic mass is 10.3. The van der Waals surface area contributed by atoms with Gasteiger partial charge >= 0.3 is 5.97 Å². The number of thiazole rings is 1. The smallest absolute Gasteiger partial charge is 0.311 e. The number of methoxy groups -OCH3 is 1. The van der Waals surface area contributed by atoms with Gasteiger partial charge in [0.25, 0.3) is 5.91 Å². The Morgan fingerprint density at radius 2 is 2.18 bits per heavy atom. The molecule has 2 heterocycles. The average Bonchev–Trinajstić information content (AvgIpc) is 2.94. The van der Waals surface area contributed by atoms with Crippen molar-refractivity contribution in [2.24, 2.45) is 0 Å². The summed E-state index contributed by atoms with van der Waals surface area (Å²) in [6.07, 6.45) is 1.31. The number of hydrogen-bond donors (Lipinski definition) is 1. The van der Waals surface area contributed by atoms with Gasteiger partial charge in [0.05, 0.1) is 25.8 Å². The number of ether oxygens (including phenoxy) is 2. The standard InChI is InChI=1S/C13H14N4O4S/c1-3-21-11(18)4-8-6-22-13(16-8)17-12(19)9-5-10(20-2)15-7-14-9/h5-7H,3-4H2,1-2H3,(H,16,17,19). The molecule has 0 radical (unpaired) electrons. The molecule has 9 heteroatoms. The first-order valence-electron chi connectivity index (χ1n) is 6.39. The third-order valence-electron chi connectivity index (χ3n) is 2.49. The van der Waals surface area contributed by atoms with Crippen molar-refractivity contribution < 1.29 is 19.1 Å². The van der Waals surface area contributed by atoms with Crippen molar-refractivity contribution >= 4 is 28.3 Å². The molecule has 0 aromatic carbocycles. The SMILES string of the molecule is CCOC(=O)Cc1csc(NC(=O)c2cc(OC)ncn2)n1. The van der Waals surface area contributed by atoms with E-state index >= 15 is 0 Å². The van der Waals surface area contributed by atoms with Crippen LogP contribution in [0.2, 0.25) is 0 Å². The fourth-order valence-electron chi connectivity index (χ4n) is 1.54. The summed E-state index contributed by atoms with van der Waals surface area (Å²) < 4.78 is 9.77. The Bertz CT molecular complexity index is 674. The van der Waals surface area contributed by atoms with Gasteiger partial charge in [-0.1, -0.05) is 0 Å². The average molecular weight is 322 g/mol. The summed E-state index contributed by atoms with van der Waals surface area (Å²) >= 11 is 1.22. The topological polar surface area (TPSA) is 103 Å². The summed E-state index contributed by atoms with van der Waals surface area (Å²) in [6, 6.07) is 1.42. The molecule has 0 bridgehead atoms. The summed E-state index contributed by atoms with van der Waals surface area (Å²) in [4.78, 5) is 35.2. The van der Waals surface area contributed by atoms with E-state index in [1.165, 1.54) is 30.8 Å². The maximum absolute atomic E-state index is 12.0. The molecule has 1 amide bonds. The first-order valence-corrected chi connectivity index (χ1v) is 7.27. The van der Waals surface area contributed by atoms with Gasteiger partial charge in [-0.15, -0.1) is 11.3 Å². The van der Waals surface area contributed by atoms with E-state index in [4.69, 9.17) is 9.47 Å². The molecular weight excluding hydrogens is 308 g/mol. The van der Waals surface area contributed by atoms with E-state index in [0.29, 0.717) is 23.3 Å². The molecule has 0 unspecified atom stereocenters. The Labute approximate surface area is 130 Å². The largest absolute Gasteiger partial charge is 0.481 e. The van der Waals surface area contributed by atoms with Gasteiger partial charge < -0.3 is 9.47 Å². The molecule has 0 aliphatic rings. The van der Waals surface area contributed by atoms with Crippen molar-refractivity contribution in [1.29, 1.82) is 0 Å². The zero-order valence-electron chi connectivity index (χ0n) is 12.0. The minimum absolute atomic E-state index is 0.0710. The van der Waals surface area contributed by atoms with Gasteiger partial charge in [0, 0.05) is 11.4 Å². The summed E-state index contributed by atoms with van der Waals surface area (Å²) in [5.74, 6) is -0.494. The lowest BCUT2D eigenvalue weighted by Gasteiger charge is -2.02. The molecule has 8 nitrogen and oxygen atoms in total. The highest BCUT2D eigenvalue weighted by molar-refractivity contribution is 7.14. The van der Waals surface area contributed by atoms with Crippen LogP contribution in [0.25, 0.3) is 0 Å². The number of amides is 1. The van der Waals surface area contributed by atoms with Crippen LogP contribution in [-0.4, -0.2) is 40.5 Å². The molecule has 0 saturated carbocycles. The van der Waals surface area contributed by atoms with E-state index in [9.17, 15) is 9.59 Å². The number of nitrogens with zero attached hydrogens (tertiary/aromatic N) is 3. The summed E-state index contributed by atoms with van der Waals surface area (Å²) in [7, 11) is 1.45. The molecule has 0 spiro atoms. The van der Waals surface area contributed by atoms with Crippen LogP contribution in [-0.2, 0) is 16.0 Å². The highest BCUT2D eigenvalue weighted by Crippen LogP contribution is 2.17. The molecule has 0 fully saturated rings. The highest BCUT2D eigenvalue weighted by Gasteiger charge is 2.13. The third-order valence-corrected chi connectivity index (χ3v) is 3.29. The molecule has 2 aromatic heterocycles. The first kappa shape index (κ1) is 15.8. The van der Waals surface area contributed by atoms with Crippen molar-refractivity contribution in [3.63, 3.8) is 0 Å². The van der Waals surface area contributed by atoms with Gasteiger partial charge in [0.2, 0.25) is 5.88 Å². The summed E-state index contributed by atoms with van der Waals surface area (Å²) in [5, 5.41) is 4.67. The highest BCUT2D eigenvalue weighted by atomic mass is 32.1. The summed E-state index contributed by atoms with van der Waals surface area (Å²) in [6.45, 7) is 2.06. The number of nitrogens with one attached hydrogen (secondary N) is 1. The second-order valence-electron chi connectivity index (χ2n) is 4.03. The van der Waals surface area contributed by atoms with E-state index in [1.54, 1.807) is 12.3 Å². The van der Waals surface area contributed by atoms with Crippen molar-refractivity contribution in [3.8, 4) is 5.88 Å². The molecule has 2 aromatic rings. The van der Waals surface area contributed by atoms with Crippen LogP contribution in [0.5, 0.6) is 5.88 Å². The molecule has 2 rings (SSSR count). The van der Waals surface area contributed by atoms with E-state index in [2.05, 4.69) is 20.3 Å². The zero-order valence-corrected chi connectivity index (χ0v) is 12.8. The number of aromatic nitrogens is 3. The van der Waals surface area contributed by atoms with E-state index in [0.717, 1.165) is 0 Å². The van der Waals surface area contributed by atoms with Crippen molar-refractivity contribution in [1.82, 2.24) is 15.0 Å². The van der Waals surface area contributed by atoms with E-state index in [1.807, 2.05) is 0 Å². The number of carbonyl (C=O) groups is 2. The molecular formula is C13H14N4O4S. The fourth-order valence-corrected chi connectivity index (χ4v) is 2.25. The number of anilines is 1. The van der Waals surface area contributed by atoms with Crippen LogP contribution in [0.1, 0.15) is 23.1 Å². The monoisotopic (exact) mass is 322 g/mol. The molecule has 0 atom stereocenters. The minimum atomic E-state index is -0.433. The predicted molar refractivity (Wildman–Crippen MR) is 79.0 cm³/mol. The van der Waals surface area contributed by atoms with Crippen LogP contribution in [0, 0.1) is 0 Å². The molecule has 116 valence electrons. The Balaban J connectivity index is 2.00. The van der Waals surface area contributed by atoms with Gasteiger partial charge in [-0.05, 0) is 6.92 Å². The lowest BCUT2D eigenvalue weighted by Crippen LogP contribution is -2.14. The van der Waals surface area contributed by atoms with Crippen LogP contribution >= 0.6 is 11.3 Å². The normalized spacial score (nSPS) is 10.1. The molecule has 0 aliphatic carbocycles. The van der Waals surface area contributed by atoms with Gasteiger partial charge in [-0.25, -0.2) is 15.0 Å². The molecule has 0 aliphatic heterocycles. The van der Waals surface area contributed by atoms with Crippen LogP contribution < -0.4 is 10.1 Å². The van der Waals surface area contributed by atoms with Crippen LogP contribution in [0.4, 0.5) is 5.13 Å². The van der Waals surface area contributed by atoms with Gasteiger partial charge in [0.1, 0.15) is 12.0 Å². The van der Waals surface area contributed by atoms with Crippen molar-refractivity contribution in [2.75, 3.05) is 19.0 Å². The summed E-state index contributed by atoms with van der Waals surface area (Å²) in [5.41, 5.74) is 0.702. The molecule has 1 N–H and O–H groups in total. The van der Waals surface area contributed by atoms with Crippen molar-refractivity contribution in [2.45, 2.75) is 13.3 Å². The third kappa shape index (κ3) is 4.22. The first-order chi connectivity index (χ1) is 10.6. The van der Waals surface area contributed by atoms with Gasteiger partial charge in [0.15, 0.2) is 5.13 Å². The number of rotatable bonds is 6. The number of carbonyl (C=O) groups excluding carboxylic acids is 2. The Morgan fingerprint density at radius 3 is 2.91 bits per heavy atom. The maximum atomic E-state index is 12.0. The lowest BCUT2D eigenvalue weighted by molar-refractivity contribution is -0.142. The van der Waals surface area contributed by atoms with E-state index < -0.39 is 5.91 Å². The quantitative estimate of drug-likeness (QED) is 0.799. The second kappa shape index (κ2) is 7.46. The van der Waals surface area contributed by atoms with Gasteiger partial charge in [-0.2, -0.15) is 0 Å². The molecule has 0 saturated heterocycles. The van der Waals surface area contributed by atoms with Gasteiger partial charge in [-0.3, -0.25) is 14.9 Å². The Morgan fingerprint density at radius 1 is 1.36 bits per heavy atom. The zero-order chi connectivity index (χ0) is 15.9. The van der Waals surface area contributed by atoms with Crippen LogP contribution in [0.3, 0.4) is 0 Å². The fraction of sp³-hybridized carbons (Fsp3) is 0.308. The Kier molecular flexibility index (Phi) is 5.37. The molecule has 22 heavy (non-hydrogen) atoms. The second-order valence-corrected chi connectivity index (χ2v) is 4.88. The predicted octanol–water partition coefficient (Wildman–Crippen LogP) is 1.30. The minimum Gasteiger partial charge on any atom is -0.481 e. The number of esters is 1. The maximum Gasteiger partial charge on any atom is 0.311 e. The van der Waals surface area contributed by atoms with E-state index in [-0.39, 0.29) is 18.1 Å². The number of hydrogen-bond acceptors (Lipinski definition) is 8. The van der Waals surface area contributed by atoms with Crippen LogP contribution in [0.15, 0.2) is 17.8 Å². The van der Waals surface area contributed by atoms with Crippen molar-refractivity contribution in [3.05, 3.63) is 29.2 Å².